The van der Waals surface area contributed by atoms with E-state index in [1.54, 1.807) is 36.3 Å². The SMILES string of the molecule is CCN(CCOc1cccc(Cl)c1)C(=O)c1ccc(=O)n(C)c1. The van der Waals surface area contributed by atoms with E-state index in [1.165, 1.54) is 10.6 Å². The standard InChI is InChI=1S/C17H19ClN2O3/c1-3-20(9-10-23-15-6-4-5-14(18)11-15)17(22)13-7-8-16(21)19(2)12-13/h4-8,11-12H,3,9-10H2,1-2H3. The second kappa shape index (κ2) is 7.83. The van der Waals surface area contributed by atoms with E-state index in [9.17, 15) is 9.59 Å². The summed E-state index contributed by atoms with van der Waals surface area (Å²) in [6.45, 7) is 3.27. The quantitative estimate of drug-likeness (QED) is 0.816. The van der Waals surface area contributed by atoms with Gasteiger partial charge in [-0.1, -0.05) is 17.7 Å². The molecule has 0 aliphatic heterocycles. The molecular weight excluding hydrogens is 316 g/mol. The Hall–Kier alpha value is -2.27. The number of carbonyl (C=O) groups excluding carboxylic acids is 1. The van der Waals surface area contributed by atoms with Crippen molar-refractivity contribution in [2.24, 2.45) is 7.05 Å². The average molecular weight is 335 g/mol. The van der Waals surface area contributed by atoms with Gasteiger partial charge >= 0.3 is 0 Å². The molecule has 2 aromatic rings. The molecule has 0 aliphatic rings. The maximum atomic E-state index is 12.5. The minimum atomic E-state index is -0.145. The summed E-state index contributed by atoms with van der Waals surface area (Å²) in [6, 6.07) is 10.1. The van der Waals surface area contributed by atoms with E-state index in [0.717, 1.165) is 0 Å². The number of pyridine rings is 1. The van der Waals surface area contributed by atoms with Crippen molar-refractivity contribution < 1.29 is 9.53 Å². The van der Waals surface area contributed by atoms with Gasteiger partial charge in [0, 0.05) is 30.9 Å². The van der Waals surface area contributed by atoms with E-state index in [-0.39, 0.29) is 11.5 Å². The number of aryl methyl sites for hydroxylation is 1. The summed E-state index contributed by atoms with van der Waals surface area (Å²) in [5, 5.41) is 0.608. The van der Waals surface area contributed by atoms with Crippen molar-refractivity contribution in [3.05, 3.63) is 63.5 Å². The smallest absolute Gasteiger partial charge is 0.255 e. The van der Waals surface area contributed by atoms with Gasteiger partial charge in [0.1, 0.15) is 12.4 Å². The van der Waals surface area contributed by atoms with Crippen LogP contribution in [0.5, 0.6) is 5.75 Å². The van der Waals surface area contributed by atoms with Crippen molar-refractivity contribution in [2.75, 3.05) is 19.7 Å². The molecule has 0 saturated heterocycles. The number of benzene rings is 1. The molecule has 0 N–H and O–H groups in total. The first-order chi connectivity index (χ1) is 11.0. The topological polar surface area (TPSA) is 51.5 Å². The molecular formula is C17H19ClN2O3. The maximum absolute atomic E-state index is 12.5. The highest BCUT2D eigenvalue weighted by atomic mass is 35.5. The molecule has 1 aromatic heterocycles. The summed E-state index contributed by atoms with van der Waals surface area (Å²) in [6.07, 6.45) is 1.55. The minimum Gasteiger partial charge on any atom is -0.492 e. The molecule has 0 atom stereocenters. The summed E-state index contributed by atoms with van der Waals surface area (Å²) in [7, 11) is 1.62. The third-order valence-electron chi connectivity index (χ3n) is 3.43. The van der Waals surface area contributed by atoms with E-state index < -0.39 is 0 Å². The Balaban J connectivity index is 1.97. The van der Waals surface area contributed by atoms with Gasteiger partial charge in [0.2, 0.25) is 5.56 Å². The predicted octanol–water partition coefficient (Wildman–Crippen LogP) is 2.58. The molecule has 5 nitrogen and oxygen atoms in total. The van der Waals surface area contributed by atoms with E-state index in [0.29, 0.717) is 36.0 Å². The van der Waals surface area contributed by atoms with Crippen molar-refractivity contribution in [1.29, 1.82) is 0 Å². The van der Waals surface area contributed by atoms with Gasteiger partial charge in [0.05, 0.1) is 12.1 Å². The largest absolute Gasteiger partial charge is 0.492 e. The summed E-state index contributed by atoms with van der Waals surface area (Å²) in [5.41, 5.74) is 0.339. The Bertz CT molecular complexity index is 743. The lowest BCUT2D eigenvalue weighted by Gasteiger charge is -2.21. The molecule has 0 fully saturated rings. The van der Waals surface area contributed by atoms with Crippen LogP contribution in [-0.4, -0.2) is 35.1 Å². The molecule has 0 saturated carbocycles. The number of likely N-dealkylation sites (N-methyl/N-ethyl adjacent to an activating group) is 1. The normalized spacial score (nSPS) is 10.4. The summed E-state index contributed by atoms with van der Waals surface area (Å²) < 4.78 is 7.01. The van der Waals surface area contributed by atoms with Gasteiger partial charge < -0.3 is 14.2 Å². The van der Waals surface area contributed by atoms with Crippen LogP contribution in [-0.2, 0) is 7.05 Å². The van der Waals surface area contributed by atoms with Crippen LogP contribution >= 0.6 is 11.6 Å². The Morgan fingerprint density at radius 3 is 2.74 bits per heavy atom. The van der Waals surface area contributed by atoms with Gasteiger partial charge in [-0.2, -0.15) is 0 Å². The number of carbonyl (C=O) groups is 1. The van der Waals surface area contributed by atoms with Gasteiger partial charge in [0.25, 0.3) is 5.91 Å². The Morgan fingerprint density at radius 2 is 2.09 bits per heavy atom. The fourth-order valence-corrected chi connectivity index (χ4v) is 2.32. The molecule has 0 radical (unpaired) electrons. The number of amides is 1. The number of ether oxygens (including phenoxy) is 1. The van der Waals surface area contributed by atoms with Gasteiger partial charge in [0.15, 0.2) is 0 Å². The molecule has 0 aliphatic carbocycles. The fraction of sp³-hybridized carbons (Fsp3) is 0.294. The Labute approximate surface area is 140 Å². The molecule has 122 valence electrons. The maximum Gasteiger partial charge on any atom is 0.255 e. The molecule has 2 rings (SSSR count). The summed E-state index contributed by atoms with van der Waals surface area (Å²) >= 11 is 5.90. The van der Waals surface area contributed by atoms with E-state index >= 15 is 0 Å². The summed E-state index contributed by atoms with van der Waals surface area (Å²) in [4.78, 5) is 25.5. The van der Waals surface area contributed by atoms with Gasteiger partial charge in [-0.25, -0.2) is 0 Å². The van der Waals surface area contributed by atoms with Crippen LogP contribution in [0.4, 0.5) is 0 Å². The lowest BCUT2D eigenvalue weighted by Crippen LogP contribution is -2.35. The average Bonchev–Trinajstić information content (AvgIpc) is 2.54. The molecule has 0 bridgehead atoms. The monoisotopic (exact) mass is 334 g/mol. The van der Waals surface area contributed by atoms with Gasteiger partial charge in [-0.15, -0.1) is 0 Å². The van der Waals surface area contributed by atoms with Crippen LogP contribution < -0.4 is 10.3 Å². The first-order valence-electron chi connectivity index (χ1n) is 7.35. The molecule has 1 amide bonds. The summed E-state index contributed by atoms with van der Waals surface area (Å²) in [5.74, 6) is 0.543. The second-order valence-electron chi connectivity index (χ2n) is 5.06. The highest BCUT2D eigenvalue weighted by molar-refractivity contribution is 6.30. The molecule has 23 heavy (non-hydrogen) atoms. The molecule has 0 spiro atoms. The van der Waals surface area contributed by atoms with Gasteiger partial charge in [-0.05, 0) is 31.2 Å². The van der Waals surface area contributed by atoms with Crippen molar-refractivity contribution in [1.82, 2.24) is 9.47 Å². The molecule has 1 aromatic carbocycles. The Morgan fingerprint density at radius 1 is 1.30 bits per heavy atom. The third-order valence-corrected chi connectivity index (χ3v) is 3.66. The Kier molecular flexibility index (Phi) is 5.82. The van der Waals surface area contributed by atoms with Crippen LogP contribution in [0.25, 0.3) is 0 Å². The first-order valence-corrected chi connectivity index (χ1v) is 7.73. The minimum absolute atomic E-state index is 0.127. The van der Waals surface area contributed by atoms with Crippen LogP contribution in [0.1, 0.15) is 17.3 Å². The first kappa shape index (κ1) is 17.1. The van der Waals surface area contributed by atoms with E-state index in [2.05, 4.69) is 0 Å². The van der Waals surface area contributed by atoms with Crippen molar-refractivity contribution in [3.8, 4) is 5.75 Å². The number of hydrogen-bond donors (Lipinski definition) is 0. The van der Waals surface area contributed by atoms with Gasteiger partial charge in [-0.3, -0.25) is 9.59 Å². The number of hydrogen-bond acceptors (Lipinski definition) is 3. The highest BCUT2D eigenvalue weighted by Crippen LogP contribution is 2.17. The van der Waals surface area contributed by atoms with Crippen molar-refractivity contribution in [2.45, 2.75) is 6.92 Å². The second-order valence-corrected chi connectivity index (χ2v) is 5.49. The van der Waals surface area contributed by atoms with Crippen LogP contribution in [0.3, 0.4) is 0 Å². The zero-order chi connectivity index (χ0) is 16.8. The van der Waals surface area contributed by atoms with Crippen molar-refractivity contribution >= 4 is 17.5 Å². The third kappa shape index (κ3) is 4.60. The van der Waals surface area contributed by atoms with Crippen LogP contribution in [0.2, 0.25) is 5.02 Å². The molecule has 1 heterocycles. The molecule has 6 heteroatoms. The zero-order valence-corrected chi connectivity index (χ0v) is 13.9. The number of rotatable bonds is 6. The van der Waals surface area contributed by atoms with E-state index in [4.69, 9.17) is 16.3 Å². The van der Waals surface area contributed by atoms with Crippen LogP contribution in [0.15, 0.2) is 47.4 Å². The lowest BCUT2D eigenvalue weighted by molar-refractivity contribution is 0.0739. The molecule has 0 unspecified atom stereocenters. The fourth-order valence-electron chi connectivity index (χ4n) is 2.14. The predicted molar refractivity (Wildman–Crippen MR) is 90.2 cm³/mol. The number of halogens is 1. The number of nitrogens with zero attached hydrogens (tertiary/aromatic N) is 2. The lowest BCUT2D eigenvalue weighted by atomic mass is 10.2. The van der Waals surface area contributed by atoms with Crippen LogP contribution in [0, 0.1) is 0 Å². The number of aromatic nitrogens is 1. The highest BCUT2D eigenvalue weighted by Gasteiger charge is 2.14. The van der Waals surface area contributed by atoms with E-state index in [1.807, 2.05) is 19.1 Å². The zero-order valence-electron chi connectivity index (χ0n) is 13.2. The van der Waals surface area contributed by atoms with Crippen molar-refractivity contribution in [3.63, 3.8) is 0 Å².